The maximum Gasteiger partial charge on any atom is 0.276 e. The Bertz CT molecular complexity index is 2010. The second-order valence-electron chi connectivity index (χ2n) is 15.1. The van der Waals surface area contributed by atoms with Gasteiger partial charge in [0, 0.05) is 82.1 Å². The number of anilines is 4. The molecular weight excluding hydrogens is 632 g/mol. The standard InChI is InChI=1S/C38H46N8O4/c1-24-19-43(28-22-50-23-28)10-11-44(24)27-6-7-34(40-18-27)42(5)31-15-26(20-41(4)36(31)48)29-8-9-39-35(30(29)21-47)46-13-12-45-32(37(46)49)14-25-16-38(2,3)17-33(25)45/h6-9,14-15,18,20,24,28,47H,10-13,16-17,19,21-23H2,1-5H3/t24-/m0/s1. The van der Waals surface area contributed by atoms with E-state index in [1.807, 2.05) is 37.5 Å². The van der Waals surface area contributed by atoms with Crippen molar-refractivity contribution in [3.05, 3.63) is 81.8 Å². The van der Waals surface area contributed by atoms with E-state index in [4.69, 9.17) is 9.72 Å². The van der Waals surface area contributed by atoms with Crippen LogP contribution in [0.5, 0.6) is 0 Å². The number of carbonyl (C=O) groups excluding carboxylic acids is 1. The van der Waals surface area contributed by atoms with E-state index in [0.29, 0.717) is 59.3 Å². The average Bonchev–Trinajstić information content (AvgIpc) is 3.57. The fourth-order valence-corrected chi connectivity index (χ4v) is 8.34. The molecule has 1 atom stereocenters. The summed E-state index contributed by atoms with van der Waals surface area (Å²) in [6.45, 7) is 12.2. The largest absolute Gasteiger partial charge is 0.392 e. The number of aliphatic hydroxyl groups excluding tert-OH is 1. The summed E-state index contributed by atoms with van der Waals surface area (Å²) in [7, 11) is 3.56. The van der Waals surface area contributed by atoms with Crippen LogP contribution in [0.25, 0.3) is 11.1 Å². The first kappa shape index (κ1) is 32.7. The number of hydrogen-bond acceptors (Lipinski definition) is 9. The SMILES string of the molecule is C[C@H]1CN(C2COC2)CCN1c1ccc(N(C)c2cc(-c3ccnc(N4CCn5c(cc6c5CC(C)(C)C6)C4=O)c3CO)cn(C)c2=O)nc1. The van der Waals surface area contributed by atoms with Crippen LogP contribution in [0.15, 0.2) is 53.7 Å². The van der Waals surface area contributed by atoms with Crippen molar-refractivity contribution in [1.29, 1.82) is 0 Å². The van der Waals surface area contributed by atoms with E-state index >= 15 is 0 Å². The van der Waals surface area contributed by atoms with Crippen molar-refractivity contribution in [1.82, 2.24) is 24.0 Å². The summed E-state index contributed by atoms with van der Waals surface area (Å²) in [6.07, 6.45) is 7.24. The zero-order valence-corrected chi connectivity index (χ0v) is 29.6. The highest BCUT2D eigenvalue weighted by atomic mass is 16.5. The first-order valence-corrected chi connectivity index (χ1v) is 17.6. The molecule has 0 unspecified atom stereocenters. The Morgan fingerprint density at radius 1 is 1.04 bits per heavy atom. The quantitative estimate of drug-likeness (QED) is 0.314. The molecule has 0 aromatic carbocycles. The van der Waals surface area contributed by atoms with Gasteiger partial charge in [0.2, 0.25) is 0 Å². The molecule has 4 aromatic rings. The highest BCUT2D eigenvalue weighted by Crippen LogP contribution is 2.40. The highest BCUT2D eigenvalue weighted by Gasteiger charge is 2.38. The third kappa shape index (κ3) is 5.50. The number of rotatable bonds is 7. The van der Waals surface area contributed by atoms with Crippen molar-refractivity contribution in [3.63, 3.8) is 0 Å². The number of carbonyl (C=O) groups is 1. The molecule has 12 nitrogen and oxygen atoms in total. The number of aryl methyl sites for hydroxylation is 1. The molecule has 262 valence electrons. The molecule has 8 rings (SSSR count). The van der Waals surface area contributed by atoms with Crippen LogP contribution in [0.2, 0.25) is 0 Å². The van der Waals surface area contributed by atoms with Crippen molar-refractivity contribution < 1.29 is 14.6 Å². The van der Waals surface area contributed by atoms with Gasteiger partial charge in [0.1, 0.15) is 23.0 Å². The molecule has 4 aromatic heterocycles. The van der Waals surface area contributed by atoms with E-state index in [1.165, 1.54) is 11.3 Å². The Hall–Kier alpha value is -4.52. The molecule has 2 fully saturated rings. The summed E-state index contributed by atoms with van der Waals surface area (Å²) in [6, 6.07) is 10.6. The number of nitrogens with zero attached hydrogens (tertiary/aromatic N) is 8. The molecule has 0 saturated carbocycles. The Balaban J connectivity index is 1.06. The molecule has 0 bridgehead atoms. The smallest absolute Gasteiger partial charge is 0.276 e. The maximum atomic E-state index is 13.9. The summed E-state index contributed by atoms with van der Waals surface area (Å²) in [5.41, 5.74) is 6.72. The van der Waals surface area contributed by atoms with E-state index in [0.717, 1.165) is 56.9 Å². The Kier molecular flexibility index (Phi) is 8.08. The van der Waals surface area contributed by atoms with Gasteiger partial charge in [-0.1, -0.05) is 13.8 Å². The summed E-state index contributed by atoms with van der Waals surface area (Å²) in [4.78, 5) is 45.2. The molecule has 50 heavy (non-hydrogen) atoms. The molecule has 0 radical (unpaired) electrons. The number of aliphatic hydroxyl groups is 1. The number of aromatic nitrogens is 4. The lowest BCUT2D eigenvalue weighted by atomic mass is 9.90. The molecule has 1 amide bonds. The second-order valence-corrected chi connectivity index (χ2v) is 15.1. The Morgan fingerprint density at radius 2 is 1.86 bits per heavy atom. The first-order valence-electron chi connectivity index (χ1n) is 17.6. The Morgan fingerprint density at radius 3 is 2.56 bits per heavy atom. The Labute approximate surface area is 292 Å². The van der Waals surface area contributed by atoms with E-state index in [-0.39, 0.29) is 23.5 Å². The molecule has 1 N–H and O–H groups in total. The van der Waals surface area contributed by atoms with Gasteiger partial charge in [0.15, 0.2) is 0 Å². The number of fused-ring (bicyclic) bond motifs is 3. The average molecular weight is 679 g/mol. The van der Waals surface area contributed by atoms with Gasteiger partial charge in [-0.2, -0.15) is 0 Å². The minimum Gasteiger partial charge on any atom is -0.392 e. The van der Waals surface area contributed by atoms with E-state index in [2.05, 4.69) is 46.2 Å². The van der Waals surface area contributed by atoms with Gasteiger partial charge in [-0.15, -0.1) is 0 Å². The minimum atomic E-state index is -0.313. The number of ether oxygens (including phenoxy) is 1. The number of pyridine rings is 3. The van der Waals surface area contributed by atoms with Crippen LogP contribution in [0.3, 0.4) is 0 Å². The van der Waals surface area contributed by atoms with Crippen molar-refractivity contribution in [2.75, 3.05) is 61.1 Å². The van der Waals surface area contributed by atoms with Crippen LogP contribution < -0.4 is 20.3 Å². The molecular formula is C38H46N8O4. The summed E-state index contributed by atoms with van der Waals surface area (Å²) < 4.78 is 9.13. The van der Waals surface area contributed by atoms with Crippen LogP contribution in [-0.2, 0) is 37.8 Å². The highest BCUT2D eigenvalue weighted by molar-refractivity contribution is 6.06. The molecule has 3 aliphatic heterocycles. The van der Waals surface area contributed by atoms with E-state index in [1.54, 1.807) is 33.8 Å². The van der Waals surface area contributed by atoms with Crippen molar-refractivity contribution >= 4 is 28.9 Å². The van der Waals surface area contributed by atoms with Crippen LogP contribution in [0.1, 0.15) is 48.1 Å². The predicted octanol–water partition coefficient (Wildman–Crippen LogP) is 3.60. The van der Waals surface area contributed by atoms with Gasteiger partial charge in [0.05, 0.1) is 37.7 Å². The third-order valence-corrected chi connectivity index (χ3v) is 11.1. The molecule has 12 heteroatoms. The van der Waals surface area contributed by atoms with Gasteiger partial charge in [-0.25, -0.2) is 9.97 Å². The first-order chi connectivity index (χ1) is 24.0. The van der Waals surface area contributed by atoms with Crippen molar-refractivity contribution in [3.8, 4) is 11.1 Å². The van der Waals surface area contributed by atoms with Crippen LogP contribution >= 0.6 is 0 Å². The number of hydrogen-bond donors (Lipinski definition) is 1. The predicted molar refractivity (Wildman–Crippen MR) is 193 cm³/mol. The van der Waals surface area contributed by atoms with E-state index < -0.39 is 0 Å². The van der Waals surface area contributed by atoms with Gasteiger partial charge < -0.3 is 28.8 Å². The normalized spacial score (nSPS) is 20.5. The summed E-state index contributed by atoms with van der Waals surface area (Å²) >= 11 is 0. The fourth-order valence-electron chi connectivity index (χ4n) is 8.34. The molecule has 2 saturated heterocycles. The monoisotopic (exact) mass is 678 g/mol. The molecule has 7 heterocycles. The molecule has 1 aliphatic carbocycles. The second kappa shape index (κ2) is 12.4. The minimum absolute atomic E-state index is 0.109. The number of amides is 1. The van der Waals surface area contributed by atoms with Crippen LogP contribution in [0, 0.1) is 5.41 Å². The number of piperazine rings is 1. The van der Waals surface area contributed by atoms with Gasteiger partial charge in [-0.05, 0) is 66.6 Å². The lowest BCUT2D eigenvalue weighted by Gasteiger charge is -2.46. The molecule has 4 aliphatic rings. The van der Waals surface area contributed by atoms with Gasteiger partial charge >= 0.3 is 0 Å². The van der Waals surface area contributed by atoms with Gasteiger partial charge in [-0.3, -0.25) is 19.4 Å². The lowest BCUT2D eigenvalue weighted by Crippen LogP contribution is -2.59. The van der Waals surface area contributed by atoms with E-state index in [9.17, 15) is 14.7 Å². The van der Waals surface area contributed by atoms with Crippen LogP contribution in [0.4, 0.5) is 23.0 Å². The zero-order chi connectivity index (χ0) is 34.9. The molecule has 0 spiro atoms. The van der Waals surface area contributed by atoms with Crippen molar-refractivity contribution in [2.45, 2.75) is 58.8 Å². The summed E-state index contributed by atoms with van der Waals surface area (Å²) in [5, 5.41) is 10.7. The van der Waals surface area contributed by atoms with Crippen LogP contribution in [-0.4, -0.2) is 93.5 Å². The third-order valence-electron chi connectivity index (χ3n) is 11.1. The summed E-state index contributed by atoms with van der Waals surface area (Å²) in [5.74, 6) is 0.985. The maximum absolute atomic E-state index is 13.9. The fraction of sp³-hybridized carbons (Fsp3) is 0.474. The van der Waals surface area contributed by atoms with Crippen molar-refractivity contribution in [2.24, 2.45) is 12.5 Å². The zero-order valence-electron chi connectivity index (χ0n) is 29.6. The van der Waals surface area contributed by atoms with Gasteiger partial charge in [0.25, 0.3) is 11.5 Å². The topological polar surface area (TPSA) is 112 Å². The lowest BCUT2D eigenvalue weighted by molar-refractivity contribution is -0.0691.